The molecule has 0 spiro atoms. The Hall–Kier alpha value is -1.17. The minimum absolute atomic E-state index is 0. The first kappa shape index (κ1) is 16.2. The lowest BCUT2D eigenvalue weighted by atomic mass is 9.93. The summed E-state index contributed by atoms with van der Waals surface area (Å²) in [5.74, 6) is 0.363. The van der Waals surface area contributed by atoms with Gasteiger partial charge in [-0.1, -0.05) is 0 Å². The Morgan fingerprint density at radius 3 is 2.86 bits per heavy atom. The summed E-state index contributed by atoms with van der Waals surface area (Å²) in [6.45, 7) is 3.48. The quantitative estimate of drug-likeness (QED) is 0.895. The second-order valence-electron chi connectivity index (χ2n) is 5.69. The summed E-state index contributed by atoms with van der Waals surface area (Å²) in [4.78, 5) is 14.2. The number of anilines is 1. The zero-order valence-corrected chi connectivity index (χ0v) is 12.7. The van der Waals surface area contributed by atoms with E-state index in [9.17, 15) is 9.18 Å². The number of piperidine rings is 1. The molecule has 2 unspecified atom stereocenters. The summed E-state index contributed by atoms with van der Waals surface area (Å²) in [5, 5.41) is 6.33. The van der Waals surface area contributed by atoms with E-state index >= 15 is 0 Å². The van der Waals surface area contributed by atoms with E-state index in [1.165, 1.54) is 18.6 Å². The van der Waals surface area contributed by atoms with Crippen LogP contribution in [0, 0.1) is 11.7 Å². The van der Waals surface area contributed by atoms with Crippen molar-refractivity contribution in [1.82, 2.24) is 10.2 Å². The first-order chi connectivity index (χ1) is 9.70. The number of fused-ring (bicyclic) bond motifs is 1. The molecule has 2 aliphatic heterocycles. The molecule has 0 bridgehead atoms. The van der Waals surface area contributed by atoms with Crippen LogP contribution in [0.15, 0.2) is 24.3 Å². The average molecular weight is 314 g/mol. The molecule has 0 radical (unpaired) electrons. The summed E-state index contributed by atoms with van der Waals surface area (Å²) in [6.07, 6.45) is 2.33. The van der Waals surface area contributed by atoms with Crippen LogP contribution < -0.4 is 10.6 Å². The fraction of sp³-hybridized carbons (Fsp3) is 0.533. The maximum absolute atomic E-state index is 12.8. The number of amides is 1. The molecule has 0 aromatic heterocycles. The topological polar surface area (TPSA) is 44.4 Å². The first-order valence-electron chi connectivity index (χ1n) is 7.22. The number of hydrogen-bond acceptors (Lipinski definition) is 3. The number of nitrogens with zero attached hydrogens (tertiary/aromatic N) is 1. The molecule has 21 heavy (non-hydrogen) atoms. The van der Waals surface area contributed by atoms with Crippen LogP contribution in [0.4, 0.5) is 10.1 Å². The monoisotopic (exact) mass is 313 g/mol. The van der Waals surface area contributed by atoms with Gasteiger partial charge in [-0.25, -0.2) is 4.39 Å². The highest BCUT2D eigenvalue weighted by Crippen LogP contribution is 2.24. The van der Waals surface area contributed by atoms with Gasteiger partial charge in [0.25, 0.3) is 0 Å². The molecular weight excluding hydrogens is 293 g/mol. The van der Waals surface area contributed by atoms with Gasteiger partial charge in [0.2, 0.25) is 5.91 Å². The molecule has 2 N–H and O–H groups in total. The highest BCUT2D eigenvalue weighted by Gasteiger charge is 2.32. The Balaban J connectivity index is 0.00000161. The van der Waals surface area contributed by atoms with Crippen molar-refractivity contribution < 1.29 is 9.18 Å². The molecule has 1 aromatic rings. The summed E-state index contributed by atoms with van der Waals surface area (Å²) in [6, 6.07) is 6.52. The Morgan fingerprint density at radius 1 is 1.33 bits per heavy atom. The van der Waals surface area contributed by atoms with Gasteiger partial charge < -0.3 is 10.6 Å². The van der Waals surface area contributed by atoms with Gasteiger partial charge in [0, 0.05) is 24.8 Å². The SMILES string of the molecule is Cl.O=C(CN1CCC2NCCC2C1)Nc1ccc(F)cc1. The number of carbonyl (C=O) groups excluding carboxylic acids is 1. The third-order valence-electron chi connectivity index (χ3n) is 4.23. The molecule has 1 aromatic carbocycles. The van der Waals surface area contributed by atoms with Crippen molar-refractivity contribution in [2.45, 2.75) is 18.9 Å². The molecule has 2 aliphatic rings. The molecule has 2 atom stereocenters. The minimum atomic E-state index is -0.293. The van der Waals surface area contributed by atoms with Gasteiger partial charge in [-0.15, -0.1) is 12.4 Å². The van der Waals surface area contributed by atoms with Gasteiger partial charge in [-0.2, -0.15) is 0 Å². The maximum Gasteiger partial charge on any atom is 0.238 e. The fourth-order valence-electron chi connectivity index (χ4n) is 3.20. The highest BCUT2D eigenvalue weighted by molar-refractivity contribution is 5.92. The predicted octanol–water partition coefficient (Wildman–Crippen LogP) is 1.87. The van der Waals surface area contributed by atoms with E-state index in [0.717, 1.165) is 26.1 Å². The highest BCUT2D eigenvalue weighted by atomic mass is 35.5. The van der Waals surface area contributed by atoms with E-state index < -0.39 is 0 Å². The Morgan fingerprint density at radius 2 is 2.10 bits per heavy atom. The van der Waals surface area contributed by atoms with Crippen LogP contribution >= 0.6 is 12.4 Å². The van der Waals surface area contributed by atoms with Crippen molar-refractivity contribution in [3.8, 4) is 0 Å². The molecular formula is C15H21ClFN3O. The molecule has 6 heteroatoms. The van der Waals surface area contributed by atoms with Crippen LogP contribution in [0.2, 0.25) is 0 Å². The van der Waals surface area contributed by atoms with Crippen molar-refractivity contribution in [3.63, 3.8) is 0 Å². The third-order valence-corrected chi connectivity index (χ3v) is 4.23. The standard InChI is InChI=1S/C15H20FN3O.ClH/c16-12-1-3-13(4-2-12)18-15(20)10-19-8-6-14-11(9-19)5-7-17-14;/h1-4,11,14,17H,5-10H2,(H,18,20);1H. The summed E-state index contributed by atoms with van der Waals surface area (Å²) < 4.78 is 12.8. The molecule has 2 saturated heterocycles. The van der Waals surface area contributed by atoms with Gasteiger partial charge in [0.05, 0.1) is 6.54 Å². The van der Waals surface area contributed by atoms with Gasteiger partial charge in [-0.3, -0.25) is 9.69 Å². The number of likely N-dealkylation sites (tertiary alicyclic amines) is 1. The molecule has 3 rings (SSSR count). The van der Waals surface area contributed by atoms with Crippen LogP contribution in [-0.2, 0) is 4.79 Å². The van der Waals surface area contributed by atoms with Crippen molar-refractivity contribution in [1.29, 1.82) is 0 Å². The largest absolute Gasteiger partial charge is 0.325 e. The van der Waals surface area contributed by atoms with Crippen molar-refractivity contribution in [2.75, 3.05) is 31.5 Å². The van der Waals surface area contributed by atoms with Crippen molar-refractivity contribution in [2.24, 2.45) is 5.92 Å². The Bertz CT molecular complexity index is 482. The normalized spacial score (nSPS) is 25.0. The van der Waals surface area contributed by atoms with E-state index in [4.69, 9.17) is 0 Å². The number of rotatable bonds is 3. The zero-order chi connectivity index (χ0) is 13.9. The molecule has 2 fully saturated rings. The predicted molar refractivity (Wildman–Crippen MR) is 83.2 cm³/mol. The van der Waals surface area contributed by atoms with Crippen LogP contribution in [0.5, 0.6) is 0 Å². The molecule has 0 saturated carbocycles. The first-order valence-corrected chi connectivity index (χ1v) is 7.22. The number of hydrogen-bond donors (Lipinski definition) is 2. The average Bonchev–Trinajstić information content (AvgIpc) is 2.89. The second-order valence-corrected chi connectivity index (χ2v) is 5.69. The maximum atomic E-state index is 12.8. The van der Waals surface area contributed by atoms with E-state index in [1.54, 1.807) is 12.1 Å². The lowest BCUT2D eigenvalue weighted by Gasteiger charge is -2.34. The Labute approximate surface area is 130 Å². The summed E-state index contributed by atoms with van der Waals surface area (Å²) >= 11 is 0. The second kappa shape index (κ2) is 7.20. The summed E-state index contributed by atoms with van der Waals surface area (Å²) in [7, 11) is 0. The van der Waals surface area contributed by atoms with Gasteiger partial charge in [-0.05, 0) is 49.6 Å². The van der Waals surface area contributed by atoms with E-state index in [1.807, 2.05) is 0 Å². The van der Waals surface area contributed by atoms with Crippen LogP contribution in [0.25, 0.3) is 0 Å². The third kappa shape index (κ3) is 4.15. The van der Waals surface area contributed by atoms with Crippen molar-refractivity contribution in [3.05, 3.63) is 30.1 Å². The molecule has 116 valence electrons. The van der Waals surface area contributed by atoms with Crippen molar-refractivity contribution >= 4 is 24.0 Å². The van der Waals surface area contributed by atoms with Gasteiger partial charge >= 0.3 is 0 Å². The minimum Gasteiger partial charge on any atom is -0.325 e. The van der Waals surface area contributed by atoms with E-state index in [0.29, 0.717) is 24.2 Å². The molecule has 2 heterocycles. The zero-order valence-electron chi connectivity index (χ0n) is 11.8. The smallest absolute Gasteiger partial charge is 0.238 e. The summed E-state index contributed by atoms with van der Waals surface area (Å²) in [5.41, 5.74) is 0.647. The fourth-order valence-corrected chi connectivity index (χ4v) is 3.20. The molecule has 0 aliphatic carbocycles. The Kier molecular flexibility index (Phi) is 5.56. The lowest BCUT2D eigenvalue weighted by Crippen LogP contribution is -2.46. The van der Waals surface area contributed by atoms with E-state index in [-0.39, 0.29) is 24.1 Å². The molecule has 4 nitrogen and oxygen atoms in total. The number of carbonyl (C=O) groups is 1. The van der Waals surface area contributed by atoms with Crippen LogP contribution in [-0.4, -0.2) is 43.0 Å². The lowest BCUT2D eigenvalue weighted by molar-refractivity contribution is -0.117. The molecule has 1 amide bonds. The number of nitrogens with one attached hydrogen (secondary N) is 2. The van der Waals surface area contributed by atoms with Gasteiger partial charge in [0.15, 0.2) is 0 Å². The number of halogens is 2. The number of benzene rings is 1. The van der Waals surface area contributed by atoms with Gasteiger partial charge in [0.1, 0.15) is 5.82 Å². The van der Waals surface area contributed by atoms with Crippen LogP contribution in [0.1, 0.15) is 12.8 Å². The van der Waals surface area contributed by atoms with E-state index in [2.05, 4.69) is 15.5 Å². The van der Waals surface area contributed by atoms with Crippen LogP contribution in [0.3, 0.4) is 0 Å².